The van der Waals surface area contributed by atoms with Crippen molar-refractivity contribution in [1.82, 2.24) is 0 Å². The Labute approximate surface area is 119 Å². The highest BCUT2D eigenvalue weighted by Gasteiger charge is 2.14. The second-order valence-electron chi connectivity index (χ2n) is 3.29. The second-order valence-corrected chi connectivity index (χ2v) is 6.74. The van der Waals surface area contributed by atoms with Crippen LogP contribution in [0.25, 0.3) is 0 Å². The van der Waals surface area contributed by atoms with E-state index in [1.165, 1.54) is 6.07 Å². The lowest BCUT2D eigenvalue weighted by molar-refractivity contribution is 0.599. The van der Waals surface area contributed by atoms with Crippen LogP contribution in [-0.2, 0) is 10.0 Å². The highest BCUT2D eigenvalue weighted by molar-refractivity contribution is 9.10. The molecule has 0 unspecified atom stereocenters. The molecule has 1 aromatic rings. The summed E-state index contributed by atoms with van der Waals surface area (Å²) in [5.41, 5.74) is 5.52. The molecule has 0 aliphatic carbocycles. The number of rotatable bonds is 5. The van der Waals surface area contributed by atoms with Gasteiger partial charge in [-0.25, -0.2) is 8.42 Å². The van der Waals surface area contributed by atoms with Crippen molar-refractivity contribution < 1.29 is 8.42 Å². The largest absolute Gasteiger partial charge is 0.330 e. The average Bonchev–Trinajstić information content (AvgIpc) is 2.27. The van der Waals surface area contributed by atoms with Gasteiger partial charge in [-0.1, -0.05) is 23.2 Å². The van der Waals surface area contributed by atoms with Gasteiger partial charge in [0.05, 0.1) is 21.5 Å². The molecule has 17 heavy (non-hydrogen) atoms. The smallest absolute Gasteiger partial charge is 0.232 e. The molecule has 1 aromatic carbocycles. The Bertz CT molecular complexity index is 508. The van der Waals surface area contributed by atoms with Gasteiger partial charge in [0.25, 0.3) is 0 Å². The molecule has 0 amide bonds. The standard InChI is InChI=1S/C9H11BrCl2N2O2S/c10-6-2-3-7(9(12)8(6)11)14-17(15,16)5-1-4-13/h2-3,14H,1,4-5,13H2. The number of anilines is 1. The summed E-state index contributed by atoms with van der Waals surface area (Å²) in [4.78, 5) is 0. The molecule has 0 aliphatic heterocycles. The van der Waals surface area contributed by atoms with E-state index < -0.39 is 10.0 Å². The summed E-state index contributed by atoms with van der Waals surface area (Å²) in [5.74, 6) is -0.0481. The van der Waals surface area contributed by atoms with Crippen molar-refractivity contribution in [2.45, 2.75) is 6.42 Å². The fraction of sp³-hybridized carbons (Fsp3) is 0.333. The normalized spacial score (nSPS) is 11.5. The predicted molar refractivity (Wildman–Crippen MR) is 75.2 cm³/mol. The number of halogens is 3. The maximum atomic E-state index is 11.6. The first-order valence-corrected chi connectivity index (χ1v) is 7.91. The molecule has 0 bridgehead atoms. The molecular formula is C9H11BrCl2N2O2S. The van der Waals surface area contributed by atoms with Gasteiger partial charge in [0.15, 0.2) is 0 Å². The van der Waals surface area contributed by atoms with Crippen LogP contribution in [0, 0.1) is 0 Å². The minimum Gasteiger partial charge on any atom is -0.330 e. The van der Waals surface area contributed by atoms with Crippen LogP contribution in [-0.4, -0.2) is 20.7 Å². The number of nitrogens with one attached hydrogen (secondary N) is 1. The Kier molecular flexibility index (Phi) is 5.53. The number of sulfonamides is 1. The van der Waals surface area contributed by atoms with Gasteiger partial charge >= 0.3 is 0 Å². The zero-order chi connectivity index (χ0) is 13.1. The molecule has 4 nitrogen and oxygen atoms in total. The van der Waals surface area contributed by atoms with E-state index in [0.717, 1.165) is 0 Å². The van der Waals surface area contributed by atoms with E-state index >= 15 is 0 Å². The van der Waals surface area contributed by atoms with Crippen LogP contribution >= 0.6 is 39.1 Å². The third-order valence-electron chi connectivity index (χ3n) is 1.92. The Balaban J connectivity index is 2.93. The first-order valence-electron chi connectivity index (χ1n) is 4.71. The maximum absolute atomic E-state index is 11.6. The Hall–Kier alpha value is -0.0100. The highest BCUT2D eigenvalue weighted by atomic mass is 79.9. The lowest BCUT2D eigenvalue weighted by atomic mass is 10.3. The van der Waals surface area contributed by atoms with Crippen molar-refractivity contribution in [1.29, 1.82) is 0 Å². The van der Waals surface area contributed by atoms with E-state index in [1.807, 2.05) is 0 Å². The molecule has 0 spiro atoms. The number of hydrogen-bond acceptors (Lipinski definition) is 3. The summed E-state index contributed by atoms with van der Waals surface area (Å²) in [6.07, 6.45) is 0.386. The minimum absolute atomic E-state index is 0.0481. The molecule has 0 atom stereocenters. The summed E-state index contributed by atoms with van der Waals surface area (Å²) in [6, 6.07) is 3.16. The molecule has 0 heterocycles. The molecule has 1 rings (SSSR count). The van der Waals surface area contributed by atoms with Crippen LogP contribution in [0.4, 0.5) is 5.69 Å². The van der Waals surface area contributed by atoms with Crippen molar-refractivity contribution in [2.75, 3.05) is 17.0 Å². The van der Waals surface area contributed by atoms with Gasteiger partial charge in [-0.05, 0) is 41.0 Å². The molecule has 8 heteroatoms. The lowest BCUT2D eigenvalue weighted by Crippen LogP contribution is -2.19. The summed E-state index contributed by atoms with van der Waals surface area (Å²) in [5, 5.41) is 0.433. The van der Waals surface area contributed by atoms with Crippen molar-refractivity contribution >= 4 is 54.8 Å². The van der Waals surface area contributed by atoms with Crippen LogP contribution < -0.4 is 10.5 Å². The third kappa shape index (κ3) is 4.30. The molecule has 0 aromatic heterocycles. The number of nitrogens with two attached hydrogens (primary N) is 1. The van der Waals surface area contributed by atoms with Crippen LogP contribution in [0.3, 0.4) is 0 Å². The Morgan fingerprint density at radius 2 is 1.94 bits per heavy atom. The van der Waals surface area contributed by atoms with Crippen molar-refractivity contribution in [3.63, 3.8) is 0 Å². The number of benzene rings is 1. The molecule has 96 valence electrons. The molecule has 0 saturated carbocycles. The number of hydrogen-bond donors (Lipinski definition) is 2. The fourth-order valence-corrected chi connectivity index (χ4v) is 3.13. The van der Waals surface area contributed by atoms with E-state index in [9.17, 15) is 8.42 Å². The predicted octanol–water partition coefficient (Wildman–Crippen LogP) is 2.85. The summed E-state index contributed by atoms with van der Waals surface area (Å²) in [6.45, 7) is 0.315. The summed E-state index contributed by atoms with van der Waals surface area (Å²) >= 11 is 15.0. The zero-order valence-electron chi connectivity index (χ0n) is 8.71. The Morgan fingerprint density at radius 3 is 2.53 bits per heavy atom. The van der Waals surface area contributed by atoms with Crippen LogP contribution in [0.5, 0.6) is 0 Å². The van der Waals surface area contributed by atoms with Gasteiger partial charge in [-0.2, -0.15) is 0 Å². The molecule has 0 fully saturated rings. The quantitative estimate of drug-likeness (QED) is 0.792. The summed E-state index contributed by atoms with van der Waals surface area (Å²) < 4.78 is 26.2. The fourth-order valence-electron chi connectivity index (χ4n) is 1.10. The average molecular weight is 362 g/mol. The molecule has 0 aliphatic rings. The van der Waals surface area contributed by atoms with E-state index in [1.54, 1.807) is 6.07 Å². The SMILES string of the molecule is NCCCS(=O)(=O)Nc1ccc(Br)c(Cl)c1Cl. The van der Waals surface area contributed by atoms with Crippen molar-refractivity contribution in [2.24, 2.45) is 5.73 Å². The van der Waals surface area contributed by atoms with Gasteiger partial charge in [0.1, 0.15) is 0 Å². The van der Waals surface area contributed by atoms with E-state index in [-0.39, 0.29) is 21.5 Å². The highest BCUT2D eigenvalue weighted by Crippen LogP contribution is 2.36. The van der Waals surface area contributed by atoms with Crippen molar-refractivity contribution in [3.8, 4) is 0 Å². The van der Waals surface area contributed by atoms with Gasteiger partial charge in [-0.3, -0.25) is 4.72 Å². The zero-order valence-corrected chi connectivity index (χ0v) is 12.6. The van der Waals surface area contributed by atoms with Crippen LogP contribution in [0.2, 0.25) is 10.0 Å². The third-order valence-corrected chi connectivity index (χ3v) is 5.05. The van der Waals surface area contributed by atoms with Crippen LogP contribution in [0.1, 0.15) is 6.42 Å². The summed E-state index contributed by atoms with van der Waals surface area (Å²) in [7, 11) is -3.44. The van der Waals surface area contributed by atoms with E-state index in [2.05, 4.69) is 20.7 Å². The molecular weight excluding hydrogens is 351 g/mol. The minimum atomic E-state index is -3.44. The Morgan fingerprint density at radius 1 is 1.29 bits per heavy atom. The lowest BCUT2D eigenvalue weighted by Gasteiger charge is -2.10. The first kappa shape index (κ1) is 15.0. The van der Waals surface area contributed by atoms with Crippen molar-refractivity contribution in [3.05, 3.63) is 26.7 Å². The second kappa shape index (κ2) is 6.24. The van der Waals surface area contributed by atoms with Gasteiger partial charge in [-0.15, -0.1) is 0 Å². The molecule has 3 N–H and O–H groups in total. The maximum Gasteiger partial charge on any atom is 0.232 e. The van der Waals surface area contributed by atoms with Crippen LogP contribution in [0.15, 0.2) is 16.6 Å². The van der Waals surface area contributed by atoms with Gasteiger partial charge in [0.2, 0.25) is 10.0 Å². The van der Waals surface area contributed by atoms with Gasteiger partial charge < -0.3 is 5.73 Å². The van der Waals surface area contributed by atoms with E-state index in [4.69, 9.17) is 28.9 Å². The topological polar surface area (TPSA) is 72.2 Å². The van der Waals surface area contributed by atoms with Gasteiger partial charge in [0, 0.05) is 4.47 Å². The first-order chi connectivity index (χ1) is 7.87. The monoisotopic (exact) mass is 360 g/mol. The molecule has 0 radical (unpaired) electrons. The molecule has 0 saturated heterocycles. The van der Waals surface area contributed by atoms with E-state index in [0.29, 0.717) is 17.4 Å².